The summed E-state index contributed by atoms with van der Waals surface area (Å²) >= 11 is 0. The van der Waals surface area contributed by atoms with E-state index in [1.54, 1.807) is 12.1 Å². The van der Waals surface area contributed by atoms with Crippen LogP contribution in [0.25, 0.3) is 0 Å². The van der Waals surface area contributed by atoms with Crippen LogP contribution >= 0.6 is 0 Å². The second-order valence-corrected chi connectivity index (χ2v) is 7.76. The van der Waals surface area contributed by atoms with Gasteiger partial charge < -0.3 is 15.4 Å². The van der Waals surface area contributed by atoms with E-state index in [-0.39, 0.29) is 22.9 Å². The monoisotopic (exact) mass is 392 g/mol. The van der Waals surface area contributed by atoms with E-state index in [0.717, 1.165) is 4.31 Å². The highest BCUT2D eigenvalue weighted by Gasteiger charge is 2.19. The first-order valence-electron chi connectivity index (χ1n) is 7.85. The summed E-state index contributed by atoms with van der Waals surface area (Å²) < 4.78 is 30.4. The van der Waals surface area contributed by atoms with Gasteiger partial charge in [0.05, 0.1) is 18.6 Å². The Hall–Kier alpha value is -2.98. The second kappa shape index (κ2) is 8.60. The quantitative estimate of drug-likeness (QED) is 0.717. The molecule has 2 amide bonds. The molecule has 1 aromatic carbocycles. The van der Waals surface area contributed by atoms with Gasteiger partial charge in [0.1, 0.15) is 5.69 Å². The van der Waals surface area contributed by atoms with E-state index in [9.17, 15) is 18.0 Å². The third kappa shape index (κ3) is 5.02. The molecule has 0 radical (unpaired) electrons. The number of carbonyl (C=O) groups excluding carboxylic acids is 2. The average Bonchev–Trinajstić information content (AvgIpc) is 2.66. The van der Waals surface area contributed by atoms with E-state index in [4.69, 9.17) is 4.74 Å². The van der Waals surface area contributed by atoms with E-state index in [2.05, 4.69) is 15.6 Å². The predicted octanol–water partition coefficient (Wildman–Crippen LogP) is 0.709. The Morgan fingerprint density at radius 3 is 2.59 bits per heavy atom. The molecule has 0 unspecified atom stereocenters. The third-order valence-corrected chi connectivity index (χ3v) is 5.33. The molecule has 0 aliphatic rings. The van der Waals surface area contributed by atoms with Crippen LogP contribution in [-0.2, 0) is 14.8 Å². The molecule has 0 fully saturated rings. The topological polar surface area (TPSA) is 118 Å². The van der Waals surface area contributed by atoms with Gasteiger partial charge in [-0.25, -0.2) is 17.7 Å². The van der Waals surface area contributed by atoms with Crippen molar-refractivity contribution in [1.82, 2.24) is 14.6 Å². The lowest BCUT2D eigenvalue weighted by molar-refractivity contribution is -0.115. The van der Waals surface area contributed by atoms with Crippen molar-refractivity contribution in [3.63, 3.8) is 0 Å². The summed E-state index contributed by atoms with van der Waals surface area (Å²) in [5, 5.41) is 5.02. The van der Waals surface area contributed by atoms with Gasteiger partial charge in [-0.2, -0.15) is 0 Å². The number of methoxy groups -OCH3 is 1. The number of nitrogens with zero attached hydrogens (tertiary/aromatic N) is 2. The first-order chi connectivity index (χ1) is 12.8. The molecule has 2 rings (SSSR count). The molecule has 10 heteroatoms. The van der Waals surface area contributed by atoms with Crippen LogP contribution in [0.15, 0.2) is 47.5 Å². The van der Waals surface area contributed by atoms with Crippen LogP contribution in [-0.4, -0.2) is 57.3 Å². The maximum Gasteiger partial charge on any atom is 0.251 e. The lowest BCUT2D eigenvalue weighted by Crippen LogP contribution is -2.33. The van der Waals surface area contributed by atoms with Crippen LogP contribution in [0, 0.1) is 0 Å². The zero-order valence-electron chi connectivity index (χ0n) is 15.1. The van der Waals surface area contributed by atoms with Crippen LogP contribution in [0.3, 0.4) is 0 Å². The number of anilines is 1. The highest BCUT2D eigenvalue weighted by Crippen LogP contribution is 2.19. The summed E-state index contributed by atoms with van der Waals surface area (Å²) in [6, 6.07) is 8.83. The fourth-order valence-electron chi connectivity index (χ4n) is 2.11. The summed E-state index contributed by atoms with van der Waals surface area (Å²) in [4.78, 5) is 28.2. The van der Waals surface area contributed by atoms with E-state index in [1.165, 1.54) is 51.7 Å². The Labute approximate surface area is 157 Å². The fourth-order valence-corrected chi connectivity index (χ4v) is 3.06. The minimum absolute atomic E-state index is 0.00954. The van der Waals surface area contributed by atoms with Crippen molar-refractivity contribution in [2.75, 3.05) is 33.1 Å². The maximum atomic E-state index is 12.2. The molecule has 0 aliphatic carbocycles. The molecule has 1 heterocycles. The summed E-state index contributed by atoms with van der Waals surface area (Å²) in [5.41, 5.74) is 0.503. The smallest absolute Gasteiger partial charge is 0.251 e. The van der Waals surface area contributed by atoms with Crippen LogP contribution in [0.1, 0.15) is 10.4 Å². The molecule has 0 aliphatic heterocycles. The van der Waals surface area contributed by atoms with Crippen molar-refractivity contribution in [2.45, 2.75) is 4.90 Å². The standard InChI is InChI=1S/C17H20N4O5S/c1-21(2)27(24,25)13-7-4-6-12(10-13)16(23)19-11-15(22)20-14-8-5-9-18-17(14)26-3/h4-10H,11H2,1-3H3,(H,19,23)(H,20,22). The SMILES string of the molecule is COc1ncccc1NC(=O)CNC(=O)c1cccc(S(=O)(=O)N(C)C)c1. The minimum atomic E-state index is -3.66. The van der Waals surface area contributed by atoms with Crippen LogP contribution in [0.4, 0.5) is 5.69 Å². The zero-order valence-corrected chi connectivity index (χ0v) is 15.9. The molecule has 144 valence electrons. The number of hydrogen-bond donors (Lipinski definition) is 2. The predicted molar refractivity (Wildman–Crippen MR) is 99.1 cm³/mol. The van der Waals surface area contributed by atoms with Gasteiger partial charge in [0.2, 0.25) is 21.8 Å². The number of rotatable bonds is 7. The molecule has 0 atom stereocenters. The van der Waals surface area contributed by atoms with Gasteiger partial charge in [0, 0.05) is 25.9 Å². The van der Waals surface area contributed by atoms with Crippen molar-refractivity contribution >= 4 is 27.5 Å². The molecule has 9 nitrogen and oxygen atoms in total. The van der Waals surface area contributed by atoms with Crippen molar-refractivity contribution in [2.24, 2.45) is 0 Å². The molecule has 2 N–H and O–H groups in total. The maximum absolute atomic E-state index is 12.2. The summed E-state index contributed by atoms with van der Waals surface area (Å²) in [7, 11) is 0.570. The first kappa shape index (κ1) is 20.3. The fraction of sp³-hybridized carbons (Fsp3) is 0.235. The number of hydrogen-bond acceptors (Lipinski definition) is 6. The summed E-state index contributed by atoms with van der Waals surface area (Å²) in [6.45, 7) is -0.304. The largest absolute Gasteiger partial charge is 0.480 e. The Morgan fingerprint density at radius 1 is 1.19 bits per heavy atom. The molecule has 0 saturated heterocycles. The van der Waals surface area contributed by atoms with Crippen molar-refractivity contribution < 1.29 is 22.7 Å². The average molecular weight is 392 g/mol. The molecular formula is C17H20N4O5S. The normalized spacial score (nSPS) is 11.1. The Balaban J connectivity index is 2.03. The Morgan fingerprint density at radius 2 is 1.93 bits per heavy atom. The molecular weight excluding hydrogens is 372 g/mol. The molecule has 1 aromatic heterocycles. The summed E-state index contributed by atoms with van der Waals surface area (Å²) in [5.74, 6) is -0.801. The van der Waals surface area contributed by atoms with Gasteiger partial charge in [-0.05, 0) is 30.3 Å². The number of ether oxygens (including phenoxy) is 1. The first-order valence-corrected chi connectivity index (χ1v) is 9.29. The van der Waals surface area contributed by atoms with E-state index < -0.39 is 21.8 Å². The lowest BCUT2D eigenvalue weighted by atomic mass is 10.2. The van der Waals surface area contributed by atoms with Gasteiger partial charge in [-0.1, -0.05) is 6.07 Å². The number of benzene rings is 1. The number of carbonyl (C=O) groups is 2. The van der Waals surface area contributed by atoms with E-state index in [1.807, 2.05) is 0 Å². The van der Waals surface area contributed by atoms with Gasteiger partial charge in [-0.3, -0.25) is 9.59 Å². The summed E-state index contributed by atoms with van der Waals surface area (Å²) in [6.07, 6.45) is 1.52. The number of pyridine rings is 1. The number of aromatic nitrogens is 1. The molecule has 0 bridgehead atoms. The Kier molecular flexibility index (Phi) is 6.48. The number of nitrogens with one attached hydrogen (secondary N) is 2. The molecule has 0 saturated carbocycles. The van der Waals surface area contributed by atoms with Crippen LogP contribution in [0.2, 0.25) is 0 Å². The zero-order chi connectivity index (χ0) is 20.0. The van der Waals surface area contributed by atoms with Gasteiger partial charge in [0.15, 0.2) is 0 Å². The van der Waals surface area contributed by atoms with Crippen molar-refractivity contribution in [3.05, 3.63) is 48.2 Å². The second-order valence-electron chi connectivity index (χ2n) is 5.61. The number of amides is 2. The Bertz CT molecular complexity index is 944. The third-order valence-electron chi connectivity index (χ3n) is 3.52. The van der Waals surface area contributed by atoms with Crippen LogP contribution in [0.5, 0.6) is 5.88 Å². The van der Waals surface area contributed by atoms with Gasteiger partial charge in [-0.15, -0.1) is 0 Å². The molecule has 0 spiro atoms. The van der Waals surface area contributed by atoms with E-state index in [0.29, 0.717) is 5.69 Å². The van der Waals surface area contributed by atoms with Crippen molar-refractivity contribution in [3.8, 4) is 5.88 Å². The highest BCUT2D eigenvalue weighted by molar-refractivity contribution is 7.89. The molecule has 2 aromatic rings. The number of sulfonamides is 1. The highest BCUT2D eigenvalue weighted by atomic mass is 32.2. The lowest BCUT2D eigenvalue weighted by Gasteiger charge is -2.12. The van der Waals surface area contributed by atoms with Crippen molar-refractivity contribution in [1.29, 1.82) is 0 Å². The van der Waals surface area contributed by atoms with Gasteiger partial charge in [0.25, 0.3) is 5.91 Å². The van der Waals surface area contributed by atoms with E-state index >= 15 is 0 Å². The molecule has 27 heavy (non-hydrogen) atoms. The van der Waals surface area contributed by atoms with Crippen LogP contribution < -0.4 is 15.4 Å². The minimum Gasteiger partial charge on any atom is -0.480 e. The van der Waals surface area contributed by atoms with Gasteiger partial charge >= 0.3 is 0 Å².